The second kappa shape index (κ2) is 5.95. The maximum atomic E-state index is 12.1. The smallest absolute Gasteiger partial charge is 0.398 e. The minimum Gasteiger partial charge on any atom is -0.425 e. The summed E-state index contributed by atoms with van der Waals surface area (Å²) in [4.78, 5) is 11.4. The highest BCUT2D eigenvalue weighted by molar-refractivity contribution is 7.99. The average molecular weight is 264 g/mol. The van der Waals surface area contributed by atoms with Crippen LogP contribution in [-0.2, 0) is 4.79 Å². The molecule has 0 aliphatic carbocycles. The van der Waals surface area contributed by atoms with Gasteiger partial charge in [-0.1, -0.05) is 19.1 Å². The molecule has 0 amide bonds. The van der Waals surface area contributed by atoms with Gasteiger partial charge >= 0.3 is 12.1 Å². The molecule has 0 heterocycles. The van der Waals surface area contributed by atoms with Crippen LogP contribution in [0.1, 0.15) is 13.3 Å². The Morgan fingerprint density at radius 1 is 1.35 bits per heavy atom. The van der Waals surface area contributed by atoms with Gasteiger partial charge in [-0.25, -0.2) is 0 Å². The Bertz CT molecular complexity index is 391. The quantitative estimate of drug-likeness (QED) is 0.471. The fraction of sp³-hybridized carbons (Fsp3) is 0.364. The molecule has 1 aromatic rings. The predicted octanol–water partition coefficient (Wildman–Crippen LogP) is 3.66. The molecule has 0 atom stereocenters. The van der Waals surface area contributed by atoms with Crippen LogP contribution in [0.4, 0.5) is 13.2 Å². The van der Waals surface area contributed by atoms with Crippen LogP contribution in [-0.4, -0.2) is 17.9 Å². The summed E-state index contributed by atoms with van der Waals surface area (Å²) in [6, 6.07) is 6.18. The van der Waals surface area contributed by atoms with E-state index in [1.54, 1.807) is 19.1 Å². The van der Waals surface area contributed by atoms with Gasteiger partial charge in [0.25, 0.3) is 0 Å². The first-order chi connectivity index (χ1) is 7.92. The molecule has 0 saturated carbocycles. The van der Waals surface area contributed by atoms with E-state index in [4.69, 9.17) is 4.74 Å². The zero-order chi connectivity index (χ0) is 12.9. The van der Waals surface area contributed by atoms with E-state index in [9.17, 15) is 18.0 Å². The van der Waals surface area contributed by atoms with Crippen LogP contribution in [0, 0.1) is 0 Å². The van der Waals surface area contributed by atoms with E-state index in [0.717, 1.165) is 0 Å². The first-order valence-electron chi connectivity index (χ1n) is 4.91. The highest BCUT2D eigenvalue weighted by atomic mass is 32.2. The largest absolute Gasteiger partial charge is 0.425 e. The first-order valence-corrected chi connectivity index (χ1v) is 5.90. The number of carbonyl (C=O) groups excluding carboxylic acids is 1. The molecular formula is C11H11F3O2S. The lowest BCUT2D eigenvalue weighted by molar-refractivity contribution is -0.134. The minimum absolute atomic E-state index is 0.175. The molecule has 6 heteroatoms. The minimum atomic E-state index is -4.24. The second-order valence-electron chi connectivity index (χ2n) is 3.18. The lowest BCUT2D eigenvalue weighted by atomic mass is 10.3. The van der Waals surface area contributed by atoms with Crippen molar-refractivity contribution in [2.75, 3.05) is 5.75 Å². The van der Waals surface area contributed by atoms with Gasteiger partial charge in [-0.3, -0.25) is 4.79 Å². The molecule has 1 rings (SSSR count). The monoisotopic (exact) mass is 264 g/mol. The molecule has 0 bridgehead atoms. The summed E-state index contributed by atoms with van der Waals surface area (Å²) < 4.78 is 41.2. The van der Waals surface area contributed by atoms with Crippen molar-refractivity contribution in [2.24, 2.45) is 0 Å². The van der Waals surface area contributed by atoms with Crippen LogP contribution >= 0.6 is 11.8 Å². The lowest BCUT2D eigenvalue weighted by Gasteiger charge is -2.10. The average Bonchev–Trinajstić information content (AvgIpc) is 2.26. The van der Waals surface area contributed by atoms with Crippen molar-refractivity contribution >= 4 is 17.7 Å². The number of para-hydroxylation sites is 1. The highest BCUT2D eigenvalue weighted by Crippen LogP contribution is 2.33. The van der Waals surface area contributed by atoms with E-state index in [1.165, 1.54) is 12.1 Å². The molecule has 0 fully saturated rings. The topological polar surface area (TPSA) is 26.3 Å². The molecule has 0 aromatic heterocycles. The number of alkyl halides is 3. The molecule has 0 N–H and O–H groups in total. The summed E-state index contributed by atoms with van der Waals surface area (Å²) >= 11 is 0.604. The molecule has 0 aliphatic heterocycles. The van der Waals surface area contributed by atoms with Crippen LogP contribution in [0.5, 0.6) is 5.75 Å². The van der Waals surface area contributed by atoms with Crippen molar-refractivity contribution in [3.63, 3.8) is 0 Å². The summed E-state index contributed by atoms with van der Waals surface area (Å²) in [6.07, 6.45) is -4.06. The Morgan fingerprint density at radius 3 is 2.59 bits per heavy atom. The summed E-state index contributed by atoms with van der Waals surface area (Å²) in [5.41, 5.74) is 0. The highest BCUT2D eigenvalue weighted by Gasteiger charge is 2.27. The number of carbonyl (C=O) groups is 1. The van der Waals surface area contributed by atoms with Crippen molar-refractivity contribution in [2.45, 2.75) is 24.4 Å². The molecule has 2 nitrogen and oxygen atoms in total. The van der Waals surface area contributed by atoms with Gasteiger partial charge in [0.15, 0.2) is 0 Å². The van der Waals surface area contributed by atoms with Crippen molar-refractivity contribution in [3.05, 3.63) is 24.3 Å². The molecule has 17 heavy (non-hydrogen) atoms. The maximum Gasteiger partial charge on any atom is 0.398 e. The number of halogens is 3. The fourth-order valence-corrected chi connectivity index (χ4v) is 1.75. The molecule has 94 valence electrons. The van der Waals surface area contributed by atoms with Gasteiger partial charge in [0.2, 0.25) is 0 Å². The fourth-order valence-electron chi connectivity index (χ4n) is 1.01. The molecule has 0 spiro atoms. The number of ether oxygens (including phenoxy) is 1. The van der Waals surface area contributed by atoms with Gasteiger partial charge in [0, 0.05) is 6.42 Å². The van der Waals surface area contributed by atoms with E-state index < -0.39 is 17.9 Å². The maximum absolute atomic E-state index is 12.1. The Kier molecular flexibility index (Phi) is 4.86. The number of thioether (sulfide) groups is 1. The van der Waals surface area contributed by atoms with E-state index in [0.29, 0.717) is 16.7 Å². The van der Waals surface area contributed by atoms with E-state index >= 15 is 0 Å². The number of hydrogen-bond donors (Lipinski definition) is 0. The number of rotatable bonds is 4. The summed E-state index contributed by atoms with van der Waals surface area (Å²) in [5, 5.41) is 0. The molecule has 0 unspecified atom stereocenters. The Hall–Kier alpha value is -1.17. The third-order valence-electron chi connectivity index (χ3n) is 1.75. The Morgan fingerprint density at radius 2 is 2.00 bits per heavy atom. The van der Waals surface area contributed by atoms with E-state index in [-0.39, 0.29) is 12.2 Å². The zero-order valence-electron chi connectivity index (χ0n) is 9.08. The van der Waals surface area contributed by atoms with Crippen LogP contribution in [0.25, 0.3) is 0 Å². The van der Waals surface area contributed by atoms with Crippen LogP contribution in [0.2, 0.25) is 0 Å². The molecule has 0 aliphatic rings. The van der Waals surface area contributed by atoms with Gasteiger partial charge in [-0.15, -0.1) is 11.8 Å². The predicted molar refractivity (Wildman–Crippen MR) is 59.1 cm³/mol. The number of esters is 1. The second-order valence-corrected chi connectivity index (χ2v) is 4.20. The van der Waals surface area contributed by atoms with Gasteiger partial charge in [-0.2, -0.15) is 13.2 Å². The summed E-state index contributed by atoms with van der Waals surface area (Å²) in [5.74, 6) is -1.30. The first kappa shape index (κ1) is 13.9. The van der Waals surface area contributed by atoms with Crippen LogP contribution in [0.3, 0.4) is 0 Å². The van der Waals surface area contributed by atoms with Crippen molar-refractivity contribution < 1.29 is 22.7 Å². The lowest BCUT2D eigenvalue weighted by Crippen LogP contribution is -2.11. The molecular weight excluding hydrogens is 253 g/mol. The van der Waals surface area contributed by atoms with Crippen LogP contribution < -0.4 is 4.74 Å². The summed E-state index contributed by atoms with van der Waals surface area (Å²) in [7, 11) is 0. The van der Waals surface area contributed by atoms with Gasteiger partial charge in [-0.05, 0) is 12.1 Å². The third-order valence-corrected chi connectivity index (χ3v) is 2.87. The molecule has 1 aromatic carbocycles. The van der Waals surface area contributed by atoms with Crippen LogP contribution in [0.15, 0.2) is 29.2 Å². The van der Waals surface area contributed by atoms with Crippen molar-refractivity contribution in [3.8, 4) is 5.75 Å². The standard InChI is InChI=1S/C11H11F3O2S/c1-2-10(15)16-8-5-3-4-6-9(8)17-7-11(12,13)14/h3-6H,2,7H2,1H3. The van der Waals surface area contributed by atoms with E-state index in [1.807, 2.05) is 0 Å². The number of benzene rings is 1. The van der Waals surface area contributed by atoms with Gasteiger partial charge < -0.3 is 4.74 Å². The van der Waals surface area contributed by atoms with Gasteiger partial charge in [0.1, 0.15) is 5.75 Å². The SMILES string of the molecule is CCC(=O)Oc1ccccc1SCC(F)(F)F. The number of hydrogen-bond acceptors (Lipinski definition) is 3. The van der Waals surface area contributed by atoms with Crippen molar-refractivity contribution in [1.29, 1.82) is 0 Å². The zero-order valence-corrected chi connectivity index (χ0v) is 9.90. The van der Waals surface area contributed by atoms with Gasteiger partial charge in [0.05, 0.1) is 10.6 Å². The molecule has 0 saturated heterocycles. The van der Waals surface area contributed by atoms with Crippen molar-refractivity contribution in [1.82, 2.24) is 0 Å². The Balaban J connectivity index is 2.74. The van der Waals surface area contributed by atoms with E-state index in [2.05, 4.69) is 0 Å². The normalized spacial score (nSPS) is 11.3. The molecule has 0 radical (unpaired) electrons. The Labute approximate surface area is 101 Å². The third kappa shape index (κ3) is 5.12. The summed E-state index contributed by atoms with van der Waals surface area (Å²) in [6.45, 7) is 1.62.